The number of hydrogen-bond donors (Lipinski definition) is 1. The van der Waals surface area contributed by atoms with Gasteiger partial charge in [0, 0.05) is 18.5 Å². The van der Waals surface area contributed by atoms with Gasteiger partial charge in [-0.2, -0.15) is 0 Å². The van der Waals surface area contributed by atoms with E-state index < -0.39 is 5.97 Å². The SMILES string of the molecule is O=C(O)CC1CCCN1C(=O)C1CCCCC1. The van der Waals surface area contributed by atoms with E-state index in [0.717, 1.165) is 45.1 Å². The number of carboxylic acid groups (broad SMARTS) is 1. The van der Waals surface area contributed by atoms with Crippen molar-refractivity contribution in [1.29, 1.82) is 0 Å². The summed E-state index contributed by atoms with van der Waals surface area (Å²) in [6.45, 7) is 0.757. The van der Waals surface area contributed by atoms with Gasteiger partial charge in [-0.25, -0.2) is 0 Å². The molecule has 0 aromatic rings. The molecule has 1 amide bonds. The lowest BCUT2D eigenvalue weighted by molar-refractivity contribution is -0.141. The summed E-state index contributed by atoms with van der Waals surface area (Å²) in [5, 5.41) is 8.85. The Labute approximate surface area is 102 Å². The number of carbonyl (C=O) groups is 2. The first-order chi connectivity index (χ1) is 8.18. The summed E-state index contributed by atoms with van der Waals surface area (Å²) in [5.74, 6) is -0.412. The second-order valence-electron chi connectivity index (χ2n) is 5.26. The molecule has 1 aliphatic carbocycles. The maximum absolute atomic E-state index is 12.3. The molecule has 4 heteroatoms. The van der Waals surface area contributed by atoms with Gasteiger partial charge in [-0.1, -0.05) is 19.3 Å². The number of likely N-dealkylation sites (tertiary alicyclic amines) is 1. The first-order valence-electron chi connectivity index (χ1n) is 6.71. The molecule has 0 aromatic heterocycles. The fourth-order valence-electron chi connectivity index (χ4n) is 3.12. The minimum atomic E-state index is -0.793. The molecule has 2 fully saturated rings. The van der Waals surface area contributed by atoms with Crippen molar-refractivity contribution in [1.82, 2.24) is 4.90 Å². The van der Waals surface area contributed by atoms with Gasteiger partial charge in [0.05, 0.1) is 6.42 Å². The van der Waals surface area contributed by atoms with E-state index in [1.54, 1.807) is 0 Å². The summed E-state index contributed by atoms with van der Waals surface area (Å²) in [5.41, 5.74) is 0. The fourth-order valence-corrected chi connectivity index (χ4v) is 3.12. The van der Waals surface area contributed by atoms with Gasteiger partial charge in [-0.15, -0.1) is 0 Å². The van der Waals surface area contributed by atoms with Crippen LogP contribution in [0.2, 0.25) is 0 Å². The van der Waals surface area contributed by atoms with Gasteiger partial charge in [0.1, 0.15) is 0 Å². The molecule has 17 heavy (non-hydrogen) atoms. The predicted octanol–water partition coefficient (Wildman–Crippen LogP) is 2.03. The van der Waals surface area contributed by atoms with Crippen LogP contribution >= 0.6 is 0 Å². The molecule has 0 radical (unpaired) electrons. The van der Waals surface area contributed by atoms with Crippen LogP contribution in [0.15, 0.2) is 0 Å². The molecule has 0 spiro atoms. The molecule has 0 bridgehead atoms. The maximum Gasteiger partial charge on any atom is 0.305 e. The number of aliphatic carboxylic acids is 1. The number of amides is 1. The highest BCUT2D eigenvalue weighted by Gasteiger charge is 2.34. The average Bonchev–Trinajstić information content (AvgIpc) is 2.76. The van der Waals surface area contributed by atoms with Crippen LogP contribution < -0.4 is 0 Å². The molecular weight excluding hydrogens is 218 g/mol. The quantitative estimate of drug-likeness (QED) is 0.819. The molecule has 2 aliphatic rings. The van der Waals surface area contributed by atoms with Crippen LogP contribution in [0, 0.1) is 5.92 Å². The van der Waals surface area contributed by atoms with Gasteiger partial charge in [0.15, 0.2) is 0 Å². The van der Waals surface area contributed by atoms with E-state index in [-0.39, 0.29) is 24.3 Å². The summed E-state index contributed by atoms with van der Waals surface area (Å²) in [7, 11) is 0. The summed E-state index contributed by atoms with van der Waals surface area (Å²) in [6, 6.07) is -0.0538. The van der Waals surface area contributed by atoms with Crippen LogP contribution in [0.4, 0.5) is 0 Å². The number of hydrogen-bond acceptors (Lipinski definition) is 2. The van der Waals surface area contributed by atoms with Crippen molar-refractivity contribution < 1.29 is 14.7 Å². The summed E-state index contributed by atoms with van der Waals surface area (Å²) in [4.78, 5) is 24.9. The average molecular weight is 239 g/mol. The Balaban J connectivity index is 1.94. The Hall–Kier alpha value is -1.06. The normalized spacial score (nSPS) is 26.1. The summed E-state index contributed by atoms with van der Waals surface area (Å²) in [6.07, 6.45) is 7.44. The predicted molar refractivity (Wildman–Crippen MR) is 63.6 cm³/mol. The Bertz CT molecular complexity index is 297. The first-order valence-corrected chi connectivity index (χ1v) is 6.71. The third-order valence-electron chi connectivity index (χ3n) is 4.02. The van der Waals surface area contributed by atoms with Crippen LogP contribution in [-0.4, -0.2) is 34.5 Å². The van der Waals surface area contributed by atoms with Gasteiger partial charge in [0.2, 0.25) is 5.91 Å². The standard InChI is InChI=1S/C13H21NO3/c15-12(16)9-11-7-4-8-14(11)13(17)10-5-2-1-3-6-10/h10-11H,1-9H2,(H,15,16). The van der Waals surface area contributed by atoms with Crippen LogP contribution in [0.3, 0.4) is 0 Å². The monoisotopic (exact) mass is 239 g/mol. The Morgan fingerprint density at radius 1 is 1.06 bits per heavy atom. The number of carboxylic acids is 1. The smallest absolute Gasteiger partial charge is 0.305 e. The van der Waals surface area contributed by atoms with E-state index in [1.165, 1.54) is 6.42 Å². The zero-order valence-corrected chi connectivity index (χ0v) is 10.2. The Morgan fingerprint density at radius 3 is 2.41 bits per heavy atom. The summed E-state index contributed by atoms with van der Waals surface area (Å²) < 4.78 is 0. The molecule has 1 saturated heterocycles. The molecule has 1 unspecified atom stereocenters. The van der Waals surface area contributed by atoms with Crippen molar-refractivity contribution in [3.8, 4) is 0 Å². The van der Waals surface area contributed by atoms with Crippen molar-refractivity contribution in [2.75, 3.05) is 6.54 Å². The third-order valence-corrected chi connectivity index (χ3v) is 4.02. The molecule has 1 saturated carbocycles. The zero-order valence-electron chi connectivity index (χ0n) is 10.2. The van der Waals surface area contributed by atoms with Gasteiger partial charge >= 0.3 is 5.97 Å². The van der Waals surface area contributed by atoms with Crippen LogP contribution in [0.25, 0.3) is 0 Å². The highest BCUT2D eigenvalue weighted by molar-refractivity contribution is 5.80. The molecule has 0 aromatic carbocycles. The zero-order chi connectivity index (χ0) is 12.3. The minimum absolute atomic E-state index is 0.0538. The topological polar surface area (TPSA) is 57.6 Å². The van der Waals surface area contributed by atoms with Crippen molar-refractivity contribution >= 4 is 11.9 Å². The highest BCUT2D eigenvalue weighted by Crippen LogP contribution is 2.29. The van der Waals surface area contributed by atoms with Crippen molar-refractivity contribution in [2.45, 2.75) is 57.4 Å². The number of rotatable bonds is 3. The second kappa shape index (κ2) is 5.52. The van der Waals surface area contributed by atoms with Crippen LogP contribution in [0.5, 0.6) is 0 Å². The fraction of sp³-hybridized carbons (Fsp3) is 0.846. The Morgan fingerprint density at radius 2 is 1.76 bits per heavy atom. The van der Waals surface area contributed by atoms with Crippen molar-refractivity contribution in [3.63, 3.8) is 0 Å². The largest absolute Gasteiger partial charge is 0.481 e. The van der Waals surface area contributed by atoms with Gasteiger partial charge in [-0.05, 0) is 25.7 Å². The molecule has 1 atom stereocenters. The lowest BCUT2D eigenvalue weighted by atomic mass is 9.88. The van der Waals surface area contributed by atoms with E-state index in [2.05, 4.69) is 0 Å². The van der Waals surface area contributed by atoms with E-state index in [4.69, 9.17) is 5.11 Å². The first kappa shape index (κ1) is 12.4. The maximum atomic E-state index is 12.3. The van der Waals surface area contributed by atoms with E-state index in [9.17, 15) is 9.59 Å². The highest BCUT2D eigenvalue weighted by atomic mass is 16.4. The van der Waals surface area contributed by atoms with Gasteiger partial charge in [0.25, 0.3) is 0 Å². The van der Waals surface area contributed by atoms with Crippen LogP contribution in [-0.2, 0) is 9.59 Å². The number of nitrogens with zero attached hydrogens (tertiary/aromatic N) is 1. The minimum Gasteiger partial charge on any atom is -0.481 e. The summed E-state index contributed by atoms with van der Waals surface area (Å²) >= 11 is 0. The third kappa shape index (κ3) is 2.99. The number of carbonyl (C=O) groups excluding carboxylic acids is 1. The molecule has 96 valence electrons. The van der Waals surface area contributed by atoms with E-state index >= 15 is 0 Å². The van der Waals surface area contributed by atoms with Gasteiger partial charge in [-0.3, -0.25) is 9.59 Å². The lowest BCUT2D eigenvalue weighted by Crippen LogP contribution is -2.41. The molecule has 1 aliphatic heterocycles. The van der Waals surface area contributed by atoms with Gasteiger partial charge < -0.3 is 10.0 Å². The van der Waals surface area contributed by atoms with E-state index in [1.807, 2.05) is 4.90 Å². The molecular formula is C13H21NO3. The molecule has 1 heterocycles. The Kier molecular flexibility index (Phi) is 4.02. The van der Waals surface area contributed by atoms with Crippen LogP contribution in [0.1, 0.15) is 51.4 Å². The lowest BCUT2D eigenvalue weighted by Gasteiger charge is -2.30. The van der Waals surface area contributed by atoms with Crippen molar-refractivity contribution in [2.24, 2.45) is 5.92 Å². The molecule has 4 nitrogen and oxygen atoms in total. The van der Waals surface area contributed by atoms with E-state index in [0.29, 0.717) is 0 Å². The molecule has 2 rings (SSSR count). The van der Waals surface area contributed by atoms with Crippen molar-refractivity contribution in [3.05, 3.63) is 0 Å². The second-order valence-corrected chi connectivity index (χ2v) is 5.26. The molecule has 1 N–H and O–H groups in total.